The lowest BCUT2D eigenvalue weighted by molar-refractivity contribution is -0.121. The molecule has 0 aromatic heterocycles. The first-order valence-corrected chi connectivity index (χ1v) is 11.4. The summed E-state index contributed by atoms with van der Waals surface area (Å²) in [6.45, 7) is 6.10. The highest BCUT2D eigenvalue weighted by atomic mass is 16.1. The minimum Gasteiger partial charge on any atom is -0.326 e. The van der Waals surface area contributed by atoms with E-state index in [1.807, 2.05) is 38.1 Å². The highest BCUT2D eigenvalue weighted by Gasteiger charge is 2.08. The number of carbonyl (C=O) groups excluding carboxylic acids is 2. The molecule has 0 heterocycles. The summed E-state index contributed by atoms with van der Waals surface area (Å²) in [7, 11) is 0. The maximum absolute atomic E-state index is 12.1. The molecule has 28 heavy (non-hydrogen) atoms. The van der Waals surface area contributed by atoms with Gasteiger partial charge in [-0.05, 0) is 24.1 Å². The van der Waals surface area contributed by atoms with Crippen LogP contribution in [0.2, 0.25) is 0 Å². The molecule has 0 aliphatic heterocycles. The Balaban J connectivity index is 2.06. The van der Waals surface area contributed by atoms with Crippen molar-refractivity contribution < 1.29 is 9.59 Å². The van der Waals surface area contributed by atoms with E-state index in [2.05, 4.69) is 12.2 Å². The van der Waals surface area contributed by atoms with Crippen molar-refractivity contribution in [2.45, 2.75) is 104 Å². The van der Waals surface area contributed by atoms with Crippen LogP contribution >= 0.6 is 0 Å². The van der Waals surface area contributed by atoms with Crippen molar-refractivity contribution in [3.8, 4) is 0 Å². The Kier molecular flexibility index (Phi) is 13.3. The smallest absolute Gasteiger partial charge is 0.224 e. The molecule has 3 nitrogen and oxygen atoms in total. The van der Waals surface area contributed by atoms with Gasteiger partial charge in [0.2, 0.25) is 5.91 Å². The van der Waals surface area contributed by atoms with Crippen LogP contribution in [0.5, 0.6) is 0 Å². The fourth-order valence-corrected chi connectivity index (χ4v) is 3.28. The van der Waals surface area contributed by atoms with E-state index in [0.29, 0.717) is 12.8 Å². The average molecular weight is 388 g/mol. The van der Waals surface area contributed by atoms with Gasteiger partial charge < -0.3 is 5.32 Å². The summed E-state index contributed by atoms with van der Waals surface area (Å²) < 4.78 is 0. The van der Waals surface area contributed by atoms with E-state index in [9.17, 15) is 9.59 Å². The Morgan fingerprint density at radius 3 is 1.79 bits per heavy atom. The number of Topliss-reactive ketones (excluding diaryl/α,β-unsaturated/α-hetero) is 1. The van der Waals surface area contributed by atoms with Gasteiger partial charge in [-0.2, -0.15) is 0 Å². The van der Waals surface area contributed by atoms with Crippen LogP contribution in [0.3, 0.4) is 0 Å². The lowest BCUT2D eigenvalue weighted by atomic mass is 10.0. The number of nitrogens with one attached hydrogen (secondary N) is 1. The second kappa shape index (κ2) is 15.3. The van der Waals surface area contributed by atoms with Crippen molar-refractivity contribution in [2.75, 3.05) is 5.32 Å². The first-order valence-electron chi connectivity index (χ1n) is 11.4. The number of rotatable bonds is 16. The van der Waals surface area contributed by atoms with Gasteiger partial charge in [0.15, 0.2) is 0 Å². The van der Waals surface area contributed by atoms with Gasteiger partial charge in [-0.25, -0.2) is 0 Å². The van der Waals surface area contributed by atoms with Crippen molar-refractivity contribution >= 4 is 17.4 Å². The third-order valence-electron chi connectivity index (χ3n) is 5.27. The Morgan fingerprint density at radius 1 is 0.786 bits per heavy atom. The first kappa shape index (κ1) is 24.4. The molecule has 0 bridgehead atoms. The van der Waals surface area contributed by atoms with E-state index < -0.39 is 0 Å². The van der Waals surface area contributed by atoms with Gasteiger partial charge in [-0.3, -0.25) is 9.59 Å². The number of anilines is 1. The summed E-state index contributed by atoms with van der Waals surface area (Å²) in [6.07, 6.45) is 15.3. The molecule has 1 amide bonds. The highest BCUT2D eigenvalue weighted by molar-refractivity contribution is 5.90. The molecule has 158 valence electrons. The van der Waals surface area contributed by atoms with E-state index in [1.165, 1.54) is 57.8 Å². The second-order valence-corrected chi connectivity index (χ2v) is 8.33. The van der Waals surface area contributed by atoms with E-state index in [-0.39, 0.29) is 17.6 Å². The van der Waals surface area contributed by atoms with Crippen LogP contribution in [0.4, 0.5) is 5.69 Å². The Labute approximate surface area is 172 Å². The predicted octanol–water partition coefficient (Wildman–Crippen LogP) is 7.09. The van der Waals surface area contributed by atoms with Gasteiger partial charge in [-0.1, -0.05) is 97.1 Å². The van der Waals surface area contributed by atoms with Crippen molar-refractivity contribution in [1.29, 1.82) is 0 Å². The summed E-state index contributed by atoms with van der Waals surface area (Å²) in [5, 5.41) is 2.96. The van der Waals surface area contributed by atoms with E-state index in [0.717, 1.165) is 24.1 Å². The molecule has 1 aromatic carbocycles. The van der Waals surface area contributed by atoms with Crippen LogP contribution in [0, 0.1) is 5.92 Å². The van der Waals surface area contributed by atoms with Gasteiger partial charge >= 0.3 is 0 Å². The topological polar surface area (TPSA) is 46.2 Å². The molecule has 0 atom stereocenters. The van der Waals surface area contributed by atoms with Crippen LogP contribution in [0.15, 0.2) is 24.3 Å². The molecule has 0 aliphatic rings. The molecule has 0 radical (unpaired) electrons. The summed E-state index contributed by atoms with van der Waals surface area (Å²) in [5.74, 6) is 0.389. The number of benzene rings is 1. The van der Waals surface area contributed by atoms with Gasteiger partial charge in [-0.15, -0.1) is 0 Å². The lowest BCUT2D eigenvalue weighted by Crippen LogP contribution is -2.12. The van der Waals surface area contributed by atoms with E-state index in [1.54, 1.807) is 0 Å². The largest absolute Gasteiger partial charge is 0.326 e. The molecule has 0 fully saturated rings. The standard InChI is InChI=1S/C25H41NO2/c1-4-5-6-7-8-9-10-11-12-13-14-15-25(28)26-23-18-16-22(17-19-23)20-24(27)21(2)3/h16-19,21H,4-15,20H2,1-3H3,(H,26,28). The van der Waals surface area contributed by atoms with Crippen molar-refractivity contribution in [3.63, 3.8) is 0 Å². The van der Waals surface area contributed by atoms with Crippen LogP contribution in [0.1, 0.15) is 103 Å². The highest BCUT2D eigenvalue weighted by Crippen LogP contribution is 2.14. The lowest BCUT2D eigenvalue weighted by Gasteiger charge is -2.08. The molecule has 1 N–H and O–H groups in total. The number of hydrogen-bond acceptors (Lipinski definition) is 2. The van der Waals surface area contributed by atoms with Crippen molar-refractivity contribution in [1.82, 2.24) is 0 Å². The average Bonchev–Trinajstić information content (AvgIpc) is 2.67. The van der Waals surface area contributed by atoms with Crippen LogP contribution in [-0.4, -0.2) is 11.7 Å². The molecule has 0 aliphatic carbocycles. The van der Waals surface area contributed by atoms with E-state index in [4.69, 9.17) is 0 Å². The zero-order valence-corrected chi connectivity index (χ0v) is 18.4. The van der Waals surface area contributed by atoms with Gasteiger partial charge in [0.25, 0.3) is 0 Å². The minimum atomic E-state index is 0.0603. The number of hydrogen-bond donors (Lipinski definition) is 1. The van der Waals surface area contributed by atoms with Crippen molar-refractivity contribution in [3.05, 3.63) is 29.8 Å². The number of amides is 1. The summed E-state index contributed by atoms with van der Waals surface area (Å²) in [4.78, 5) is 23.8. The van der Waals surface area contributed by atoms with Crippen LogP contribution in [0.25, 0.3) is 0 Å². The predicted molar refractivity (Wildman–Crippen MR) is 120 cm³/mol. The molecule has 0 unspecified atom stereocenters. The quantitative estimate of drug-likeness (QED) is 0.308. The normalized spacial score (nSPS) is 11.0. The Bertz CT molecular complexity index is 548. The molecule has 1 aromatic rings. The number of unbranched alkanes of at least 4 members (excludes halogenated alkanes) is 10. The first-order chi connectivity index (χ1) is 13.5. The van der Waals surface area contributed by atoms with Gasteiger partial charge in [0.1, 0.15) is 5.78 Å². The zero-order valence-electron chi connectivity index (χ0n) is 18.4. The number of ketones is 1. The molecular formula is C25H41NO2. The molecule has 0 saturated heterocycles. The molecule has 1 rings (SSSR count). The van der Waals surface area contributed by atoms with Crippen LogP contribution < -0.4 is 5.32 Å². The SMILES string of the molecule is CCCCCCCCCCCCCC(=O)Nc1ccc(CC(=O)C(C)C)cc1. The summed E-state index contributed by atoms with van der Waals surface area (Å²) >= 11 is 0. The third-order valence-corrected chi connectivity index (χ3v) is 5.27. The molecular weight excluding hydrogens is 346 g/mol. The monoisotopic (exact) mass is 387 g/mol. The summed E-state index contributed by atoms with van der Waals surface area (Å²) in [6, 6.07) is 7.64. The van der Waals surface area contributed by atoms with Crippen molar-refractivity contribution in [2.24, 2.45) is 5.92 Å². The molecule has 0 spiro atoms. The van der Waals surface area contributed by atoms with Gasteiger partial charge in [0.05, 0.1) is 0 Å². The van der Waals surface area contributed by atoms with Gasteiger partial charge in [0, 0.05) is 24.4 Å². The van der Waals surface area contributed by atoms with E-state index >= 15 is 0 Å². The third kappa shape index (κ3) is 11.9. The maximum atomic E-state index is 12.1. The Hall–Kier alpha value is -1.64. The maximum Gasteiger partial charge on any atom is 0.224 e. The second-order valence-electron chi connectivity index (χ2n) is 8.33. The zero-order chi connectivity index (χ0) is 20.6. The fraction of sp³-hybridized carbons (Fsp3) is 0.680. The molecule has 3 heteroatoms. The number of carbonyl (C=O) groups is 2. The molecule has 0 saturated carbocycles. The Morgan fingerprint density at radius 2 is 1.29 bits per heavy atom. The fourth-order valence-electron chi connectivity index (χ4n) is 3.28. The minimum absolute atomic E-state index is 0.0603. The van der Waals surface area contributed by atoms with Crippen LogP contribution in [-0.2, 0) is 16.0 Å². The summed E-state index contributed by atoms with van der Waals surface area (Å²) in [5.41, 5.74) is 1.82.